The number of rotatable bonds is 12. The van der Waals surface area contributed by atoms with E-state index in [9.17, 15) is 45.6 Å². The number of anilines is 2. The van der Waals surface area contributed by atoms with Gasteiger partial charge in [-0.05, 0) is 49.9 Å². The number of nitrogen functional groups attached to an aromatic ring is 1. The molecular formula is C35H45N13O11S2. The maximum absolute atomic E-state index is 12.6. The van der Waals surface area contributed by atoms with Crippen LogP contribution in [0.2, 0.25) is 0 Å². The average Bonchev–Trinajstić information content (AvgIpc) is 4.16. The molecule has 2 saturated heterocycles. The molecule has 0 unspecified atom stereocenters. The quantitative estimate of drug-likeness (QED) is 0.0373. The third kappa shape index (κ3) is 12.8. The van der Waals surface area contributed by atoms with Crippen LogP contribution in [0.3, 0.4) is 0 Å². The number of aliphatic carboxylic acids is 1. The van der Waals surface area contributed by atoms with Gasteiger partial charge in [0.1, 0.15) is 11.4 Å². The van der Waals surface area contributed by atoms with Crippen molar-refractivity contribution in [2.24, 2.45) is 17.7 Å². The smallest absolute Gasteiger partial charge is 0.317 e. The highest BCUT2D eigenvalue weighted by Crippen LogP contribution is 2.30. The number of carbonyl (C=O) groups excluding carboxylic acids is 5. The molecule has 4 aromatic heterocycles. The summed E-state index contributed by atoms with van der Waals surface area (Å²) < 4.78 is 47.4. The number of amides is 4. The van der Waals surface area contributed by atoms with Gasteiger partial charge in [-0.3, -0.25) is 54.6 Å². The highest BCUT2D eigenvalue weighted by Gasteiger charge is 2.31. The van der Waals surface area contributed by atoms with Gasteiger partial charge in [0, 0.05) is 38.0 Å². The topological polar surface area (TPSA) is 332 Å². The van der Waals surface area contributed by atoms with E-state index in [-0.39, 0.29) is 101 Å². The molecule has 7 N–H and O–H groups in total. The van der Waals surface area contributed by atoms with Gasteiger partial charge in [0.05, 0.1) is 42.6 Å². The van der Waals surface area contributed by atoms with Gasteiger partial charge in [-0.2, -0.15) is 9.97 Å². The zero-order chi connectivity index (χ0) is 43.9. The highest BCUT2D eigenvalue weighted by atomic mass is 32.2. The van der Waals surface area contributed by atoms with Crippen LogP contribution in [-0.2, 0) is 38.9 Å². The number of nitrogens with zero attached hydrogens (tertiary/aromatic N) is 8. The average molecular weight is 888 g/mol. The van der Waals surface area contributed by atoms with Crippen molar-refractivity contribution in [2.75, 3.05) is 79.5 Å². The van der Waals surface area contributed by atoms with Crippen molar-refractivity contribution in [1.82, 2.24) is 49.7 Å². The second-order valence-electron chi connectivity index (χ2n) is 14.7. The molecule has 2 aliphatic carbocycles. The predicted molar refractivity (Wildman–Crippen MR) is 215 cm³/mol. The van der Waals surface area contributed by atoms with Crippen molar-refractivity contribution in [3.63, 3.8) is 0 Å². The maximum atomic E-state index is 12.6. The van der Waals surface area contributed by atoms with Gasteiger partial charge in [0.15, 0.2) is 36.8 Å². The molecule has 0 atom stereocenters. The van der Waals surface area contributed by atoms with E-state index < -0.39 is 31.6 Å². The molecule has 0 radical (unpaired) electrons. The maximum Gasteiger partial charge on any atom is 0.317 e. The van der Waals surface area contributed by atoms with E-state index in [0.717, 1.165) is 25.7 Å². The van der Waals surface area contributed by atoms with Crippen molar-refractivity contribution in [3.8, 4) is 0 Å². The molecule has 24 nitrogen and oxygen atoms in total. The molecule has 0 bridgehead atoms. The summed E-state index contributed by atoms with van der Waals surface area (Å²) in [7, 11) is -5.90. The number of carboxylic acids is 1. The Morgan fingerprint density at radius 3 is 1.56 bits per heavy atom. The number of hydrogen-bond acceptors (Lipinski definition) is 17. The van der Waals surface area contributed by atoms with Crippen molar-refractivity contribution in [3.05, 3.63) is 47.8 Å². The summed E-state index contributed by atoms with van der Waals surface area (Å²) in [5.41, 5.74) is 3.39. The number of hydrazine groups is 1. The number of fused-ring (bicyclic) bond motifs is 2. The minimum Gasteiger partial charge on any atom is -0.480 e. The van der Waals surface area contributed by atoms with Crippen LogP contribution in [0.4, 0.5) is 11.9 Å². The molecule has 2 saturated carbocycles. The van der Waals surface area contributed by atoms with Gasteiger partial charge in [0.2, 0.25) is 29.6 Å². The largest absolute Gasteiger partial charge is 0.480 e. The molecule has 4 fully saturated rings. The van der Waals surface area contributed by atoms with Crippen molar-refractivity contribution in [1.29, 1.82) is 0 Å². The molecule has 2 aliphatic heterocycles. The molecule has 4 aromatic rings. The van der Waals surface area contributed by atoms with Crippen LogP contribution in [0.5, 0.6) is 0 Å². The number of Topliss-reactive ketones (excluding diaryl/α,β-unsaturated/α-hetero) is 1. The Kier molecular flexibility index (Phi) is 14.0. The van der Waals surface area contributed by atoms with Crippen molar-refractivity contribution < 1.29 is 50.7 Å². The molecule has 328 valence electrons. The number of carboxylic acid groups (broad SMARTS) is 1. The fourth-order valence-corrected chi connectivity index (χ4v) is 8.58. The molecule has 8 rings (SSSR count). The summed E-state index contributed by atoms with van der Waals surface area (Å²) in [5.74, 6) is 3.42. The molecule has 26 heteroatoms. The van der Waals surface area contributed by atoms with Gasteiger partial charge in [-0.25, -0.2) is 31.7 Å². The minimum atomic E-state index is -3.01. The molecule has 4 aliphatic rings. The number of sulfone groups is 2. The highest BCUT2D eigenvalue weighted by molar-refractivity contribution is 7.91. The summed E-state index contributed by atoms with van der Waals surface area (Å²) in [5, 5.41) is 24.5. The standard InChI is InChI=1S/C18H22N6O5S.C11H12N6O2.C6H11NO4S/c25-14(10-19-16(26)11-23-6-8-30(28,29)9-7-23)13-2-1-3-15-20-18(22-24(13)15)21-17(27)12-4-5-12;12-15-10(19)7-2-1-3-8-13-11(16-17(7)8)14-9(18)6-4-5-6;8-6(9)5-7-1-3-12(10,11)4-2-7/h1-3,12H,4-11H2,(H,19,26)(H,21,22,27);1-3,6H,4-5,12H2,(H,15,19)(H,14,16,18);1-5H2,(H,8,9). The van der Waals surface area contributed by atoms with E-state index in [2.05, 4.69) is 36.1 Å². The fraction of sp³-hybridized carbons (Fsp3) is 0.486. The number of nitrogens with one attached hydrogen (secondary N) is 4. The zero-order valence-electron chi connectivity index (χ0n) is 32.7. The Bertz CT molecular complexity index is 2530. The third-order valence-corrected chi connectivity index (χ3v) is 13.0. The van der Waals surface area contributed by atoms with E-state index in [0.29, 0.717) is 37.5 Å². The summed E-state index contributed by atoms with van der Waals surface area (Å²) >= 11 is 0. The predicted octanol–water partition coefficient (Wildman–Crippen LogP) is -2.41. The third-order valence-electron chi connectivity index (χ3n) is 9.78. The summed E-state index contributed by atoms with van der Waals surface area (Å²) in [6.07, 6.45) is 3.52. The second-order valence-corrected chi connectivity index (χ2v) is 19.3. The van der Waals surface area contributed by atoms with E-state index >= 15 is 0 Å². The lowest BCUT2D eigenvalue weighted by atomic mass is 10.2. The van der Waals surface area contributed by atoms with Crippen LogP contribution in [-0.4, -0.2) is 165 Å². The van der Waals surface area contributed by atoms with Gasteiger partial charge in [-0.1, -0.05) is 12.1 Å². The first kappa shape index (κ1) is 44.6. The monoisotopic (exact) mass is 887 g/mol. The van der Waals surface area contributed by atoms with Gasteiger partial charge >= 0.3 is 5.97 Å². The second kappa shape index (κ2) is 19.2. The number of hydrogen-bond donors (Lipinski definition) is 6. The van der Waals surface area contributed by atoms with Gasteiger partial charge in [0.25, 0.3) is 5.91 Å². The van der Waals surface area contributed by atoms with Crippen molar-refractivity contribution >= 4 is 78.2 Å². The molecule has 4 amide bonds. The lowest BCUT2D eigenvalue weighted by Gasteiger charge is -2.25. The molecule has 0 spiro atoms. The number of nitrogens with two attached hydrogens (primary N) is 1. The summed E-state index contributed by atoms with van der Waals surface area (Å²) in [6.45, 7) is 1.04. The van der Waals surface area contributed by atoms with Crippen LogP contribution in [0.1, 0.15) is 46.7 Å². The number of carbonyl (C=O) groups is 6. The Labute approximate surface area is 348 Å². The lowest BCUT2D eigenvalue weighted by Crippen LogP contribution is -2.46. The van der Waals surface area contributed by atoms with Gasteiger partial charge < -0.3 is 10.4 Å². The zero-order valence-corrected chi connectivity index (χ0v) is 34.4. The van der Waals surface area contributed by atoms with E-state index in [1.54, 1.807) is 46.2 Å². The first-order valence-corrected chi connectivity index (χ1v) is 22.8. The van der Waals surface area contributed by atoms with E-state index in [1.165, 1.54) is 9.03 Å². The first-order valence-electron chi connectivity index (χ1n) is 19.2. The Hall–Kier alpha value is -5.96. The first-order chi connectivity index (χ1) is 29.0. The Balaban J connectivity index is 0.000000171. The lowest BCUT2D eigenvalue weighted by molar-refractivity contribution is -0.138. The fourth-order valence-electron chi connectivity index (χ4n) is 6.03. The van der Waals surface area contributed by atoms with Crippen LogP contribution in [0.25, 0.3) is 11.3 Å². The SMILES string of the molecule is NNC(=O)c1cccc2nc(NC(=O)C3CC3)nn12.O=C(CN1CCS(=O)(=O)CC1)NCC(=O)c1cccc2nc(NC(=O)C3CC3)nn12.O=C(O)CN1CCS(=O)(=O)CC1. The van der Waals surface area contributed by atoms with E-state index in [4.69, 9.17) is 10.9 Å². The molecule has 61 heavy (non-hydrogen) atoms. The Morgan fingerprint density at radius 1 is 0.672 bits per heavy atom. The van der Waals surface area contributed by atoms with E-state index in [1.807, 2.05) is 5.43 Å². The van der Waals surface area contributed by atoms with Crippen LogP contribution >= 0.6 is 0 Å². The molecule has 6 heterocycles. The van der Waals surface area contributed by atoms with Crippen molar-refractivity contribution in [2.45, 2.75) is 25.7 Å². The van der Waals surface area contributed by atoms with Crippen LogP contribution in [0.15, 0.2) is 36.4 Å². The Morgan fingerprint density at radius 2 is 1.11 bits per heavy atom. The number of ketones is 1. The van der Waals surface area contributed by atoms with Crippen LogP contribution in [0, 0.1) is 11.8 Å². The van der Waals surface area contributed by atoms with Gasteiger partial charge in [-0.15, -0.1) is 10.2 Å². The normalized spacial score (nSPS) is 18.4. The number of pyridine rings is 2. The summed E-state index contributed by atoms with van der Waals surface area (Å²) in [4.78, 5) is 81.8. The molecular weight excluding hydrogens is 843 g/mol. The molecule has 0 aromatic carbocycles. The summed E-state index contributed by atoms with van der Waals surface area (Å²) in [6, 6.07) is 9.81. The van der Waals surface area contributed by atoms with Crippen LogP contribution < -0.4 is 27.2 Å². The number of aromatic nitrogens is 6. The minimum absolute atomic E-state index is 0.00735.